The molecule has 0 atom stereocenters. The van der Waals surface area contributed by atoms with Gasteiger partial charge < -0.3 is 5.73 Å². The number of carbonyl (C=O) groups excluding carboxylic acids is 2. The van der Waals surface area contributed by atoms with Gasteiger partial charge in [0.25, 0.3) is 11.8 Å². The summed E-state index contributed by atoms with van der Waals surface area (Å²) in [4.78, 5) is 25.5. The van der Waals surface area contributed by atoms with Gasteiger partial charge in [-0.15, -0.1) is 0 Å². The summed E-state index contributed by atoms with van der Waals surface area (Å²) in [7, 11) is 0. The Labute approximate surface area is 173 Å². The van der Waals surface area contributed by atoms with E-state index in [1.165, 1.54) is 18.2 Å². The first kappa shape index (κ1) is 20.0. The fraction of sp³-hybridized carbons (Fsp3) is 0. The number of imide groups is 1. The highest BCUT2D eigenvalue weighted by Gasteiger charge is 2.20. The molecule has 0 aromatic heterocycles. The number of amides is 2. The normalized spacial score (nSPS) is 11.2. The fourth-order valence-corrected chi connectivity index (χ4v) is 2.95. The summed E-state index contributed by atoms with van der Waals surface area (Å²) >= 11 is 5.91. The zero-order chi connectivity index (χ0) is 20.8. The molecule has 3 aromatic rings. The molecule has 3 N–H and O–H groups in total. The summed E-state index contributed by atoms with van der Waals surface area (Å²) in [6.07, 6.45) is 5.48. The molecular formula is C23H18ClN3O2. The van der Waals surface area contributed by atoms with E-state index in [-0.39, 0.29) is 0 Å². The van der Waals surface area contributed by atoms with Gasteiger partial charge in [0, 0.05) is 17.2 Å². The molecule has 0 spiro atoms. The number of rotatable bonds is 4. The van der Waals surface area contributed by atoms with Crippen LogP contribution in [0.3, 0.4) is 0 Å². The maximum absolute atomic E-state index is 12.5. The van der Waals surface area contributed by atoms with Gasteiger partial charge >= 0.3 is 0 Å². The highest BCUT2D eigenvalue weighted by Crippen LogP contribution is 2.17. The SMILES string of the molecule is N=C(N)N(C(=O)C=Cc1cccc(Cl)c1)C(=O)C=Cc1ccc2ccccc2c1. The Hall–Kier alpha value is -3.70. The van der Waals surface area contributed by atoms with E-state index in [1.807, 2.05) is 42.5 Å². The monoisotopic (exact) mass is 403 g/mol. The predicted molar refractivity (Wildman–Crippen MR) is 117 cm³/mol. The maximum atomic E-state index is 12.5. The van der Waals surface area contributed by atoms with Crippen molar-refractivity contribution in [3.63, 3.8) is 0 Å². The standard InChI is InChI=1S/C23H18ClN3O2/c24-20-7-3-4-16(15-20)9-12-21(28)27(23(25)26)22(29)13-10-17-8-11-18-5-1-2-6-19(18)14-17/h1-15H,(H3,25,26). The fourth-order valence-electron chi connectivity index (χ4n) is 2.75. The van der Waals surface area contributed by atoms with Crippen molar-refractivity contribution in [3.05, 3.63) is 95.0 Å². The van der Waals surface area contributed by atoms with Crippen LogP contribution in [0.5, 0.6) is 0 Å². The molecule has 0 fully saturated rings. The molecule has 0 unspecified atom stereocenters. The van der Waals surface area contributed by atoms with Crippen LogP contribution >= 0.6 is 11.6 Å². The second-order valence-electron chi connectivity index (χ2n) is 6.23. The highest BCUT2D eigenvalue weighted by atomic mass is 35.5. The average Bonchev–Trinajstić information content (AvgIpc) is 2.70. The van der Waals surface area contributed by atoms with Gasteiger partial charge in [-0.2, -0.15) is 0 Å². The number of halogens is 1. The molecule has 6 heteroatoms. The van der Waals surface area contributed by atoms with Gasteiger partial charge in [0.15, 0.2) is 0 Å². The summed E-state index contributed by atoms with van der Waals surface area (Å²) in [5.41, 5.74) is 6.94. The Balaban J connectivity index is 1.76. The maximum Gasteiger partial charge on any atom is 0.260 e. The molecule has 0 aliphatic carbocycles. The van der Waals surface area contributed by atoms with Crippen molar-refractivity contribution in [1.29, 1.82) is 5.41 Å². The van der Waals surface area contributed by atoms with E-state index in [0.717, 1.165) is 16.3 Å². The lowest BCUT2D eigenvalue weighted by Crippen LogP contribution is -2.43. The largest absolute Gasteiger partial charge is 0.369 e. The second-order valence-corrected chi connectivity index (χ2v) is 6.66. The Kier molecular flexibility index (Phi) is 6.22. The predicted octanol–water partition coefficient (Wildman–Crippen LogP) is 4.47. The van der Waals surface area contributed by atoms with E-state index in [4.69, 9.17) is 22.7 Å². The molecule has 0 heterocycles. The zero-order valence-electron chi connectivity index (χ0n) is 15.4. The molecule has 3 rings (SSSR count). The Morgan fingerprint density at radius 1 is 0.828 bits per heavy atom. The van der Waals surface area contributed by atoms with Crippen molar-refractivity contribution < 1.29 is 9.59 Å². The van der Waals surface area contributed by atoms with Crippen molar-refractivity contribution in [1.82, 2.24) is 4.90 Å². The van der Waals surface area contributed by atoms with E-state index in [9.17, 15) is 9.59 Å². The zero-order valence-corrected chi connectivity index (χ0v) is 16.1. The van der Waals surface area contributed by atoms with Crippen molar-refractivity contribution in [2.24, 2.45) is 5.73 Å². The van der Waals surface area contributed by atoms with E-state index in [0.29, 0.717) is 15.5 Å². The number of benzene rings is 3. The Bertz CT molecular complexity index is 1150. The number of nitrogens with two attached hydrogens (primary N) is 1. The number of fused-ring (bicyclic) bond motifs is 1. The highest BCUT2D eigenvalue weighted by molar-refractivity contribution is 6.30. The summed E-state index contributed by atoms with van der Waals surface area (Å²) in [5.74, 6) is -2.07. The van der Waals surface area contributed by atoms with E-state index >= 15 is 0 Å². The molecule has 0 saturated heterocycles. The third kappa shape index (κ3) is 5.18. The number of nitrogens with zero attached hydrogens (tertiary/aromatic N) is 1. The molecule has 0 aliphatic rings. The lowest BCUT2D eigenvalue weighted by molar-refractivity contribution is -0.133. The molecule has 29 heavy (non-hydrogen) atoms. The van der Waals surface area contributed by atoms with Gasteiger partial charge in [0.05, 0.1) is 0 Å². The van der Waals surface area contributed by atoms with Gasteiger partial charge in [0.1, 0.15) is 0 Å². The number of guanidine groups is 1. The van der Waals surface area contributed by atoms with Gasteiger partial charge in [0.2, 0.25) is 5.96 Å². The molecule has 2 amide bonds. The van der Waals surface area contributed by atoms with Gasteiger partial charge in [-0.05, 0) is 52.3 Å². The van der Waals surface area contributed by atoms with Crippen LogP contribution in [0.15, 0.2) is 78.9 Å². The van der Waals surface area contributed by atoms with E-state index in [2.05, 4.69) is 0 Å². The van der Waals surface area contributed by atoms with Crippen LogP contribution in [-0.2, 0) is 9.59 Å². The lowest BCUT2D eigenvalue weighted by atomic mass is 10.1. The van der Waals surface area contributed by atoms with Gasteiger partial charge in [-0.25, -0.2) is 4.90 Å². The van der Waals surface area contributed by atoms with Crippen LogP contribution in [0, 0.1) is 5.41 Å². The van der Waals surface area contributed by atoms with Crippen LogP contribution in [0.2, 0.25) is 5.02 Å². The van der Waals surface area contributed by atoms with Crippen LogP contribution < -0.4 is 5.73 Å². The van der Waals surface area contributed by atoms with E-state index < -0.39 is 17.8 Å². The van der Waals surface area contributed by atoms with E-state index in [1.54, 1.807) is 30.3 Å². The quantitative estimate of drug-likeness (QED) is 0.382. The minimum absolute atomic E-state index is 0.525. The topological polar surface area (TPSA) is 87.2 Å². The van der Waals surface area contributed by atoms with Gasteiger partial charge in [-0.3, -0.25) is 15.0 Å². The first-order valence-electron chi connectivity index (χ1n) is 8.76. The summed E-state index contributed by atoms with van der Waals surface area (Å²) in [5, 5.41) is 10.2. The van der Waals surface area contributed by atoms with Crippen LogP contribution in [0.25, 0.3) is 22.9 Å². The molecule has 0 bridgehead atoms. The van der Waals surface area contributed by atoms with Crippen molar-refractivity contribution in [2.45, 2.75) is 0 Å². The summed E-state index contributed by atoms with van der Waals surface area (Å²) in [6.45, 7) is 0. The van der Waals surface area contributed by atoms with Crippen LogP contribution in [-0.4, -0.2) is 22.7 Å². The van der Waals surface area contributed by atoms with Crippen LogP contribution in [0.1, 0.15) is 11.1 Å². The summed E-state index contributed by atoms with van der Waals surface area (Å²) < 4.78 is 0. The molecule has 5 nitrogen and oxygen atoms in total. The van der Waals surface area contributed by atoms with Crippen molar-refractivity contribution in [3.8, 4) is 0 Å². The lowest BCUT2D eigenvalue weighted by Gasteiger charge is -2.14. The third-order valence-electron chi connectivity index (χ3n) is 4.14. The number of hydrogen-bond donors (Lipinski definition) is 2. The minimum atomic E-state index is -0.717. The molecule has 3 aromatic carbocycles. The molecule has 0 aliphatic heterocycles. The third-order valence-corrected chi connectivity index (χ3v) is 4.38. The van der Waals surface area contributed by atoms with Crippen LogP contribution in [0.4, 0.5) is 0 Å². The Morgan fingerprint density at radius 3 is 2.07 bits per heavy atom. The average molecular weight is 404 g/mol. The summed E-state index contributed by atoms with van der Waals surface area (Å²) in [6, 6.07) is 20.5. The van der Waals surface area contributed by atoms with Crippen molar-refractivity contribution in [2.75, 3.05) is 0 Å². The smallest absolute Gasteiger partial charge is 0.260 e. The molecule has 0 radical (unpaired) electrons. The second kappa shape index (κ2) is 8.99. The number of nitrogens with one attached hydrogen (secondary N) is 1. The van der Waals surface area contributed by atoms with Gasteiger partial charge in [-0.1, -0.05) is 60.1 Å². The Morgan fingerprint density at radius 2 is 1.45 bits per heavy atom. The first-order valence-corrected chi connectivity index (χ1v) is 9.14. The molecule has 144 valence electrons. The molecular weight excluding hydrogens is 386 g/mol. The first-order chi connectivity index (χ1) is 13.9. The van der Waals surface area contributed by atoms with Crippen molar-refractivity contribution >= 4 is 52.3 Å². The number of hydrogen-bond acceptors (Lipinski definition) is 3. The minimum Gasteiger partial charge on any atom is -0.369 e. The number of carbonyl (C=O) groups is 2. The molecule has 0 saturated carbocycles.